The normalized spacial score (nSPS) is 16.4. The zero-order chi connectivity index (χ0) is 15.1. The van der Waals surface area contributed by atoms with Gasteiger partial charge < -0.3 is 10.1 Å². The van der Waals surface area contributed by atoms with Gasteiger partial charge in [-0.15, -0.1) is 0 Å². The highest BCUT2D eigenvalue weighted by molar-refractivity contribution is 5.25. The van der Waals surface area contributed by atoms with E-state index in [1.807, 2.05) is 0 Å². The smallest absolute Gasteiger partial charge is 0.0589 e. The lowest BCUT2D eigenvalue weighted by Crippen LogP contribution is -2.29. The SMILES string of the molecule is CCNCC(C)c1ccc(CN(CCOC)C2CC2)cc1. The standard InChI is InChI=1S/C18H30N2O/c1-4-19-13-15(2)17-7-5-16(6-8-17)14-20(11-12-21-3)18-9-10-18/h5-8,15,18-19H,4,9-14H2,1-3H3. The van der Waals surface area contributed by atoms with Crippen molar-refractivity contribution in [3.63, 3.8) is 0 Å². The van der Waals surface area contributed by atoms with Gasteiger partial charge in [0.1, 0.15) is 0 Å². The van der Waals surface area contributed by atoms with Crippen LogP contribution in [-0.2, 0) is 11.3 Å². The minimum absolute atomic E-state index is 0.576. The number of benzene rings is 1. The lowest BCUT2D eigenvalue weighted by atomic mass is 9.99. The highest BCUT2D eigenvalue weighted by Gasteiger charge is 2.28. The van der Waals surface area contributed by atoms with Gasteiger partial charge >= 0.3 is 0 Å². The van der Waals surface area contributed by atoms with Crippen molar-refractivity contribution in [1.82, 2.24) is 10.2 Å². The largest absolute Gasteiger partial charge is 0.383 e. The van der Waals surface area contributed by atoms with Crippen molar-refractivity contribution in [2.24, 2.45) is 0 Å². The predicted octanol–water partition coefficient (Wildman–Crippen LogP) is 3.01. The van der Waals surface area contributed by atoms with E-state index in [0.717, 1.165) is 38.8 Å². The summed E-state index contributed by atoms with van der Waals surface area (Å²) in [5.74, 6) is 0.576. The molecule has 1 saturated carbocycles. The zero-order valence-electron chi connectivity index (χ0n) is 13.8. The van der Waals surface area contributed by atoms with Crippen molar-refractivity contribution in [1.29, 1.82) is 0 Å². The molecule has 2 rings (SSSR count). The van der Waals surface area contributed by atoms with E-state index in [1.165, 1.54) is 24.0 Å². The molecule has 1 unspecified atom stereocenters. The number of nitrogens with one attached hydrogen (secondary N) is 1. The monoisotopic (exact) mass is 290 g/mol. The molecule has 0 aromatic heterocycles. The molecule has 1 atom stereocenters. The molecule has 1 fully saturated rings. The predicted molar refractivity (Wildman–Crippen MR) is 88.7 cm³/mol. The molecular formula is C18H30N2O. The van der Waals surface area contributed by atoms with Gasteiger partial charge in [-0.05, 0) is 36.4 Å². The second-order valence-corrected chi connectivity index (χ2v) is 6.14. The van der Waals surface area contributed by atoms with E-state index < -0.39 is 0 Å². The number of nitrogens with zero attached hydrogens (tertiary/aromatic N) is 1. The highest BCUT2D eigenvalue weighted by Crippen LogP contribution is 2.28. The summed E-state index contributed by atoms with van der Waals surface area (Å²) < 4.78 is 5.23. The van der Waals surface area contributed by atoms with Crippen molar-refractivity contribution in [3.05, 3.63) is 35.4 Å². The van der Waals surface area contributed by atoms with Crippen LogP contribution in [0, 0.1) is 0 Å². The third-order valence-corrected chi connectivity index (χ3v) is 4.28. The van der Waals surface area contributed by atoms with E-state index in [4.69, 9.17) is 4.74 Å². The Balaban J connectivity index is 1.88. The number of likely N-dealkylation sites (N-methyl/N-ethyl adjacent to an activating group) is 1. The molecular weight excluding hydrogens is 260 g/mol. The summed E-state index contributed by atoms with van der Waals surface area (Å²) in [7, 11) is 1.78. The third kappa shape index (κ3) is 5.42. The molecule has 0 radical (unpaired) electrons. The first-order chi connectivity index (χ1) is 10.2. The zero-order valence-corrected chi connectivity index (χ0v) is 13.8. The Morgan fingerprint density at radius 2 is 2.00 bits per heavy atom. The van der Waals surface area contributed by atoms with Gasteiger partial charge in [0, 0.05) is 32.8 Å². The topological polar surface area (TPSA) is 24.5 Å². The Labute approximate surface area is 129 Å². The minimum atomic E-state index is 0.576. The molecule has 0 amide bonds. The fourth-order valence-electron chi connectivity index (χ4n) is 2.70. The lowest BCUT2D eigenvalue weighted by molar-refractivity contribution is 0.139. The van der Waals surface area contributed by atoms with Crippen molar-refractivity contribution < 1.29 is 4.74 Å². The van der Waals surface area contributed by atoms with Gasteiger partial charge in [0.2, 0.25) is 0 Å². The van der Waals surface area contributed by atoms with Crippen LogP contribution in [0.15, 0.2) is 24.3 Å². The summed E-state index contributed by atoms with van der Waals surface area (Å²) in [5.41, 5.74) is 2.84. The third-order valence-electron chi connectivity index (χ3n) is 4.28. The van der Waals surface area contributed by atoms with E-state index in [1.54, 1.807) is 7.11 Å². The number of methoxy groups -OCH3 is 1. The van der Waals surface area contributed by atoms with Gasteiger partial charge in [0.05, 0.1) is 6.61 Å². The molecule has 1 aliphatic carbocycles. The summed E-state index contributed by atoms with van der Waals surface area (Å²) in [6.07, 6.45) is 2.70. The van der Waals surface area contributed by atoms with Gasteiger partial charge in [0.25, 0.3) is 0 Å². The molecule has 3 heteroatoms. The molecule has 0 bridgehead atoms. The molecule has 0 saturated heterocycles. The molecule has 1 aromatic rings. The van der Waals surface area contributed by atoms with E-state index in [-0.39, 0.29) is 0 Å². The average molecular weight is 290 g/mol. The fraction of sp³-hybridized carbons (Fsp3) is 0.667. The van der Waals surface area contributed by atoms with Crippen molar-refractivity contribution in [2.45, 2.75) is 45.2 Å². The summed E-state index contributed by atoms with van der Waals surface area (Å²) in [6.45, 7) is 9.45. The van der Waals surface area contributed by atoms with Crippen LogP contribution in [0.25, 0.3) is 0 Å². The first kappa shape index (κ1) is 16.5. The molecule has 0 heterocycles. The Morgan fingerprint density at radius 1 is 1.29 bits per heavy atom. The minimum Gasteiger partial charge on any atom is -0.383 e. The van der Waals surface area contributed by atoms with Gasteiger partial charge in [-0.25, -0.2) is 0 Å². The van der Waals surface area contributed by atoms with Gasteiger partial charge in [0.15, 0.2) is 0 Å². The number of hydrogen-bond acceptors (Lipinski definition) is 3. The van der Waals surface area contributed by atoms with E-state index in [2.05, 4.69) is 48.3 Å². The molecule has 3 nitrogen and oxygen atoms in total. The lowest BCUT2D eigenvalue weighted by Gasteiger charge is -2.22. The number of rotatable bonds is 10. The first-order valence-electron chi connectivity index (χ1n) is 8.27. The highest BCUT2D eigenvalue weighted by atomic mass is 16.5. The van der Waals surface area contributed by atoms with Crippen LogP contribution < -0.4 is 5.32 Å². The van der Waals surface area contributed by atoms with E-state index >= 15 is 0 Å². The number of hydrogen-bond donors (Lipinski definition) is 1. The Morgan fingerprint density at radius 3 is 2.57 bits per heavy atom. The summed E-state index contributed by atoms with van der Waals surface area (Å²) in [5, 5.41) is 3.42. The second-order valence-electron chi connectivity index (χ2n) is 6.14. The molecule has 21 heavy (non-hydrogen) atoms. The van der Waals surface area contributed by atoms with Crippen molar-refractivity contribution >= 4 is 0 Å². The van der Waals surface area contributed by atoms with Crippen molar-refractivity contribution in [2.75, 3.05) is 33.4 Å². The maximum atomic E-state index is 5.23. The maximum absolute atomic E-state index is 5.23. The Kier molecular flexibility index (Phi) is 6.68. The fourth-order valence-corrected chi connectivity index (χ4v) is 2.70. The second kappa shape index (κ2) is 8.52. The Hall–Kier alpha value is -0.900. The van der Waals surface area contributed by atoms with Crippen LogP contribution in [0.1, 0.15) is 43.7 Å². The first-order valence-corrected chi connectivity index (χ1v) is 8.27. The van der Waals surface area contributed by atoms with E-state index in [0.29, 0.717) is 5.92 Å². The Bertz CT molecular complexity index is 400. The van der Waals surface area contributed by atoms with Crippen LogP contribution in [0.5, 0.6) is 0 Å². The molecule has 0 spiro atoms. The quantitative estimate of drug-likeness (QED) is 0.717. The van der Waals surface area contributed by atoms with Crippen LogP contribution in [0.2, 0.25) is 0 Å². The van der Waals surface area contributed by atoms with Crippen LogP contribution in [0.4, 0.5) is 0 Å². The summed E-state index contributed by atoms with van der Waals surface area (Å²) in [6, 6.07) is 9.95. The summed E-state index contributed by atoms with van der Waals surface area (Å²) in [4.78, 5) is 2.56. The maximum Gasteiger partial charge on any atom is 0.0589 e. The average Bonchev–Trinajstić information content (AvgIpc) is 3.34. The van der Waals surface area contributed by atoms with Crippen LogP contribution in [0.3, 0.4) is 0 Å². The van der Waals surface area contributed by atoms with Crippen LogP contribution >= 0.6 is 0 Å². The molecule has 1 aromatic carbocycles. The van der Waals surface area contributed by atoms with Gasteiger partial charge in [-0.1, -0.05) is 38.1 Å². The van der Waals surface area contributed by atoms with E-state index in [9.17, 15) is 0 Å². The van der Waals surface area contributed by atoms with Gasteiger partial charge in [-0.3, -0.25) is 4.90 Å². The number of ether oxygens (including phenoxy) is 1. The summed E-state index contributed by atoms with van der Waals surface area (Å²) >= 11 is 0. The molecule has 0 aliphatic heterocycles. The molecule has 118 valence electrons. The van der Waals surface area contributed by atoms with Gasteiger partial charge in [-0.2, -0.15) is 0 Å². The van der Waals surface area contributed by atoms with Crippen molar-refractivity contribution in [3.8, 4) is 0 Å². The molecule has 1 N–H and O–H groups in total. The molecule has 1 aliphatic rings. The van der Waals surface area contributed by atoms with Crippen LogP contribution in [-0.4, -0.2) is 44.3 Å².